The minimum atomic E-state index is 0.323. The summed E-state index contributed by atoms with van der Waals surface area (Å²) < 4.78 is 1.47. The van der Waals surface area contributed by atoms with Crippen molar-refractivity contribution in [3.05, 3.63) is 23.2 Å². The van der Waals surface area contributed by atoms with Crippen molar-refractivity contribution in [2.45, 2.75) is 0 Å². The lowest BCUT2D eigenvalue weighted by atomic mass is 10.2. The van der Waals surface area contributed by atoms with Gasteiger partial charge in [-0.1, -0.05) is 17.7 Å². The Labute approximate surface area is 91.7 Å². The molecule has 0 fully saturated rings. The minimum absolute atomic E-state index is 0.323. The van der Waals surface area contributed by atoms with Crippen molar-refractivity contribution in [1.29, 1.82) is 0 Å². The third-order valence-electron chi connectivity index (χ3n) is 2.07. The highest BCUT2D eigenvalue weighted by Gasteiger charge is 2.13. The number of aryl methyl sites for hydroxylation is 1. The highest BCUT2D eigenvalue weighted by molar-refractivity contribution is 6.33. The van der Waals surface area contributed by atoms with Gasteiger partial charge in [0.2, 0.25) is 5.95 Å². The van der Waals surface area contributed by atoms with E-state index in [2.05, 4.69) is 10.1 Å². The van der Waals surface area contributed by atoms with Crippen molar-refractivity contribution in [3.63, 3.8) is 0 Å². The zero-order chi connectivity index (χ0) is 11.0. The number of aromatic nitrogens is 3. The van der Waals surface area contributed by atoms with Crippen molar-refractivity contribution in [3.8, 4) is 11.4 Å². The third-order valence-corrected chi connectivity index (χ3v) is 2.38. The number of nitrogens with two attached hydrogens (primary N) is 2. The molecule has 0 spiro atoms. The number of rotatable bonds is 1. The second-order valence-electron chi connectivity index (χ2n) is 3.12. The molecule has 5 nitrogen and oxygen atoms in total. The molecule has 0 aliphatic heterocycles. The van der Waals surface area contributed by atoms with E-state index in [0.717, 1.165) is 0 Å². The van der Waals surface area contributed by atoms with Gasteiger partial charge >= 0.3 is 0 Å². The van der Waals surface area contributed by atoms with Gasteiger partial charge in [-0.2, -0.15) is 4.98 Å². The predicted octanol–water partition coefficient (Wildman–Crippen LogP) is 1.30. The molecule has 0 unspecified atom stereocenters. The summed E-state index contributed by atoms with van der Waals surface area (Å²) >= 11 is 6.02. The Balaban J connectivity index is 2.63. The first kappa shape index (κ1) is 9.79. The number of hydrogen-bond donors (Lipinski definition) is 2. The molecule has 0 atom stereocenters. The summed E-state index contributed by atoms with van der Waals surface area (Å²) in [5, 5.41) is 4.63. The van der Waals surface area contributed by atoms with Gasteiger partial charge in [-0.25, -0.2) is 4.68 Å². The lowest BCUT2D eigenvalue weighted by Crippen LogP contribution is -1.97. The summed E-state index contributed by atoms with van der Waals surface area (Å²) in [5.41, 5.74) is 12.5. The van der Waals surface area contributed by atoms with Gasteiger partial charge in [0.1, 0.15) is 0 Å². The molecule has 2 rings (SSSR count). The summed E-state index contributed by atoms with van der Waals surface area (Å²) in [6.45, 7) is 0. The second-order valence-corrected chi connectivity index (χ2v) is 3.53. The Morgan fingerprint density at radius 1 is 1.33 bits per heavy atom. The third kappa shape index (κ3) is 1.61. The van der Waals surface area contributed by atoms with Crippen LogP contribution >= 0.6 is 11.6 Å². The fraction of sp³-hybridized carbons (Fsp3) is 0.111. The molecule has 0 aliphatic rings. The quantitative estimate of drug-likeness (QED) is 0.714. The van der Waals surface area contributed by atoms with Gasteiger partial charge in [-0.05, 0) is 12.1 Å². The Kier molecular flexibility index (Phi) is 2.24. The predicted molar refractivity (Wildman–Crippen MR) is 60.3 cm³/mol. The molecule has 0 bridgehead atoms. The smallest absolute Gasteiger partial charge is 0.218 e. The van der Waals surface area contributed by atoms with Crippen LogP contribution in [0.5, 0.6) is 0 Å². The van der Waals surface area contributed by atoms with Crippen LogP contribution in [0.2, 0.25) is 5.02 Å². The zero-order valence-corrected chi connectivity index (χ0v) is 8.86. The van der Waals surface area contributed by atoms with E-state index < -0.39 is 0 Å². The van der Waals surface area contributed by atoms with E-state index in [9.17, 15) is 0 Å². The molecule has 6 heteroatoms. The van der Waals surface area contributed by atoms with Crippen molar-refractivity contribution in [1.82, 2.24) is 14.8 Å². The Morgan fingerprint density at radius 2 is 2.07 bits per heavy atom. The molecule has 15 heavy (non-hydrogen) atoms. The molecule has 0 saturated heterocycles. The molecule has 0 radical (unpaired) electrons. The van der Waals surface area contributed by atoms with Crippen LogP contribution < -0.4 is 11.5 Å². The summed E-state index contributed by atoms with van der Waals surface area (Å²) in [7, 11) is 1.71. The standard InChI is InChI=1S/C9H10ClN5/c1-15-9(12)13-8(14-15)7-5(10)3-2-4-6(7)11/h2-4H,11H2,1H3,(H2,12,13,14). The highest BCUT2D eigenvalue weighted by Crippen LogP contribution is 2.30. The van der Waals surface area contributed by atoms with E-state index in [4.69, 9.17) is 23.1 Å². The largest absolute Gasteiger partial charge is 0.398 e. The van der Waals surface area contributed by atoms with Crippen molar-refractivity contribution < 1.29 is 0 Å². The van der Waals surface area contributed by atoms with Crippen LogP contribution in [0.25, 0.3) is 11.4 Å². The molecule has 4 N–H and O–H groups in total. The first-order valence-corrected chi connectivity index (χ1v) is 4.68. The highest BCUT2D eigenvalue weighted by atomic mass is 35.5. The normalized spacial score (nSPS) is 10.5. The number of nitrogen functional groups attached to an aromatic ring is 2. The first-order valence-electron chi connectivity index (χ1n) is 4.30. The van der Waals surface area contributed by atoms with E-state index in [-0.39, 0.29) is 0 Å². The average Bonchev–Trinajstić information content (AvgIpc) is 2.46. The number of anilines is 2. The fourth-order valence-electron chi connectivity index (χ4n) is 1.28. The maximum absolute atomic E-state index is 6.02. The van der Waals surface area contributed by atoms with Crippen molar-refractivity contribution in [2.75, 3.05) is 11.5 Å². The number of nitrogens with zero attached hydrogens (tertiary/aromatic N) is 3. The number of hydrogen-bond acceptors (Lipinski definition) is 4. The Morgan fingerprint density at radius 3 is 2.60 bits per heavy atom. The summed E-state index contributed by atoms with van der Waals surface area (Å²) in [5.74, 6) is 0.766. The van der Waals surface area contributed by atoms with Crippen LogP contribution in [0.4, 0.5) is 11.6 Å². The van der Waals surface area contributed by atoms with Crippen LogP contribution in [-0.2, 0) is 7.05 Å². The van der Waals surface area contributed by atoms with Crippen LogP contribution in [-0.4, -0.2) is 14.8 Å². The molecule has 1 heterocycles. The van der Waals surface area contributed by atoms with Gasteiger partial charge in [-0.3, -0.25) is 0 Å². The van der Waals surface area contributed by atoms with Gasteiger partial charge in [0, 0.05) is 12.7 Å². The maximum Gasteiger partial charge on any atom is 0.218 e. The molecular weight excluding hydrogens is 214 g/mol. The Hall–Kier alpha value is -1.75. The van der Waals surface area contributed by atoms with Gasteiger partial charge in [0.25, 0.3) is 0 Å². The van der Waals surface area contributed by atoms with Crippen molar-refractivity contribution >= 4 is 23.2 Å². The van der Waals surface area contributed by atoms with Crippen molar-refractivity contribution in [2.24, 2.45) is 7.05 Å². The van der Waals surface area contributed by atoms with E-state index in [1.54, 1.807) is 25.2 Å². The van der Waals surface area contributed by atoms with E-state index >= 15 is 0 Å². The lowest BCUT2D eigenvalue weighted by molar-refractivity contribution is 0.781. The molecule has 0 saturated carbocycles. The monoisotopic (exact) mass is 223 g/mol. The molecule has 0 aliphatic carbocycles. The molecule has 2 aromatic rings. The fourth-order valence-corrected chi connectivity index (χ4v) is 1.55. The molecule has 78 valence electrons. The van der Waals surface area contributed by atoms with Crippen LogP contribution in [0.3, 0.4) is 0 Å². The zero-order valence-electron chi connectivity index (χ0n) is 8.11. The number of benzene rings is 1. The lowest BCUT2D eigenvalue weighted by Gasteiger charge is -2.02. The van der Waals surface area contributed by atoms with Crippen LogP contribution in [0.15, 0.2) is 18.2 Å². The van der Waals surface area contributed by atoms with Gasteiger partial charge in [0.05, 0.1) is 10.6 Å². The van der Waals surface area contributed by atoms with Gasteiger partial charge in [-0.15, -0.1) is 5.10 Å². The summed E-state index contributed by atoms with van der Waals surface area (Å²) in [6.07, 6.45) is 0. The van der Waals surface area contributed by atoms with E-state index in [0.29, 0.717) is 28.0 Å². The van der Waals surface area contributed by atoms with E-state index in [1.165, 1.54) is 4.68 Å². The Bertz CT molecular complexity index is 465. The summed E-state index contributed by atoms with van der Waals surface area (Å²) in [6, 6.07) is 5.25. The number of halogens is 1. The molecule has 1 aromatic carbocycles. The van der Waals surface area contributed by atoms with Gasteiger partial charge in [0.15, 0.2) is 5.82 Å². The molecule has 0 amide bonds. The average molecular weight is 224 g/mol. The SMILES string of the molecule is Cn1nc(-c2c(N)cccc2Cl)nc1N. The topological polar surface area (TPSA) is 82.8 Å². The molecule has 1 aromatic heterocycles. The van der Waals surface area contributed by atoms with Crippen LogP contribution in [0.1, 0.15) is 0 Å². The summed E-state index contributed by atoms with van der Waals surface area (Å²) in [4.78, 5) is 4.07. The minimum Gasteiger partial charge on any atom is -0.398 e. The van der Waals surface area contributed by atoms with E-state index in [1.807, 2.05) is 0 Å². The van der Waals surface area contributed by atoms with Crippen LogP contribution in [0, 0.1) is 0 Å². The first-order chi connectivity index (χ1) is 7.09. The molecular formula is C9H10ClN5. The maximum atomic E-state index is 6.02. The van der Waals surface area contributed by atoms with Gasteiger partial charge < -0.3 is 11.5 Å². The second kappa shape index (κ2) is 3.43.